The number of hydrogen-bond donors (Lipinski definition) is 1. The Bertz CT molecular complexity index is 118. The molecule has 0 radical (unpaired) electrons. The van der Waals surface area contributed by atoms with Crippen molar-refractivity contribution in [2.45, 2.75) is 5.50 Å². The number of nitrogens with two attached hydrogens (primary N) is 1. The molecule has 2 N–H and O–H groups in total. The average Bonchev–Trinajstić information content (AvgIpc) is 1.83. The molecule has 4 heteroatoms. The summed E-state index contributed by atoms with van der Waals surface area (Å²) in [5.74, 6) is -0.503. The molecular formula is C5H8FNOS. The summed E-state index contributed by atoms with van der Waals surface area (Å²) in [6.45, 7) is 3.19. The second-order valence-corrected chi connectivity index (χ2v) is 2.44. The van der Waals surface area contributed by atoms with Gasteiger partial charge in [-0.05, 0) is 6.08 Å². The van der Waals surface area contributed by atoms with E-state index in [9.17, 15) is 9.18 Å². The first-order valence-electron chi connectivity index (χ1n) is 2.33. The van der Waals surface area contributed by atoms with Crippen molar-refractivity contribution in [3.63, 3.8) is 0 Å². The Morgan fingerprint density at radius 3 is 2.89 bits per heavy atom. The van der Waals surface area contributed by atoms with Gasteiger partial charge in [0.05, 0.1) is 5.75 Å². The molecule has 0 aromatic heterocycles. The van der Waals surface area contributed by atoms with Crippen LogP contribution < -0.4 is 5.73 Å². The van der Waals surface area contributed by atoms with Gasteiger partial charge in [0, 0.05) is 0 Å². The number of primary amides is 1. The summed E-state index contributed by atoms with van der Waals surface area (Å²) < 4.78 is 12.1. The third-order valence-corrected chi connectivity index (χ3v) is 1.53. The first kappa shape index (κ1) is 8.49. The lowest BCUT2D eigenvalue weighted by molar-refractivity contribution is -0.115. The van der Waals surface area contributed by atoms with E-state index in [4.69, 9.17) is 5.73 Å². The number of carbonyl (C=O) groups is 1. The number of amides is 1. The standard InChI is InChI=1S/C5H8FNOS/c1-2-4(6)9-3-5(7)8/h2,4H,1,3H2,(H2,7,8). The van der Waals surface area contributed by atoms with Crippen LogP contribution in [0.25, 0.3) is 0 Å². The Balaban J connectivity index is 3.26. The van der Waals surface area contributed by atoms with Gasteiger partial charge in [-0.1, -0.05) is 6.58 Å². The van der Waals surface area contributed by atoms with Gasteiger partial charge in [-0.3, -0.25) is 4.79 Å². The van der Waals surface area contributed by atoms with E-state index < -0.39 is 11.4 Å². The van der Waals surface area contributed by atoms with Crippen LogP contribution >= 0.6 is 11.8 Å². The van der Waals surface area contributed by atoms with E-state index in [1.54, 1.807) is 0 Å². The third kappa shape index (κ3) is 5.36. The first-order valence-corrected chi connectivity index (χ1v) is 3.38. The molecule has 0 spiro atoms. The molecule has 0 heterocycles. The molecule has 9 heavy (non-hydrogen) atoms. The van der Waals surface area contributed by atoms with Gasteiger partial charge in [-0.15, -0.1) is 11.8 Å². The third-order valence-electron chi connectivity index (χ3n) is 0.570. The number of rotatable bonds is 4. The minimum atomic E-state index is -1.18. The first-order chi connectivity index (χ1) is 4.16. The van der Waals surface area contributed by atoms with E-state index in [-0.39, 0.29) is 5.75 Å². The topological polar surface area (TPSA) is 43.1 Å². The SMILES string of the molecule is C=CC(F)SCC(N)=O. The number of halogens is 1. The molecular weight excluding hydrogens is 141 g/mol. The van der Waals surface area contributed by atoms with Gasteiger partial charge in [-0.2, -0.15) is 0 Å². The van der Waals surface area contributed by atoms with Crippen LogP contribution in [0.2, 0.25) is 0 Å². The normalized spacial score (nSPS) is 12.6. The van der Waals surface area contributed by atoms with Gasteiger partial charge in [0.1, 0.15) is 0 Å². The monoisotopic (exact) mass is 149 g/mol. The van der Waals surface area contributed by atoms with E-state index in [1.165, 1.54) is 0 Å². The van der Waals surface area contributed by atoms with Gasteiger partial charge >= 0.3 is 0 Å². The zero-order valence-corrected chi connectivity index (χ0v) is 5.66. The van der Waals surface area contributed by atoms with Crippen molar-refractivity contribution >= 4 is 17.7 Å². The highest BCUT2D eigenvalue weighted by molar-refractivity contribution is 8.00. The van der Waals surface area contributed by atoms with Gasteiger partial charge in [0.2, 0.25) is 5.91 Å². The fourth-order valence-electron chi connectivity index (χ4n) is 0.230. The minimum absolute atomic E-state index is 0.00713. The molecule has 0 rings (SSSR count). The molecule has 1 atom stereocenters. The maximum Gasteiger partial charge on any atom is 0.227 e. The Hall–Kier alpha value is -0.510. The van der Waals surface area contributed by atoms with E-state index in [1.807, 2.05) is 0 Å². The lowest BCUT2D eigenvalue weighted by Crippen LogP contribution is -2.14. The predicted molar refractivity (Wildman–Crippen MR) is 36.7 cm³/mol. The van der Waals surface area contributed by atoms with Gasteiger partial charge in [0.25, 0.3) is 0 Å². The zero-order valence-electron chi connectivity index (χ0n) is 4.84. The van der Waals surface area contributed by atoms with Gasteiger partial charge in [0.15, 0.2) is 5.50 Å². The van der Waals surface area contributed by atoms with E-state index >= 15 is 0 Å². The fourth-order valence-corrected chi connectivity index (χ4v) is 0.689. The summed E-state index contributed by atoms with van der Waals surface area (Å²) in [5.41, 5.74) is 3.55. The molecule has 52 valence electrons. The van der Waals surface area contributed by atoms with Crippen molar-refractivity contribution in [2.75, 3.05) is 5.75 Å². The number of thioether (sulfide) groups is 1. The van der Waals surface area contributed by atoms with Gasteiger partial charge in [-0.25, -0.2) is 4.39 Å². The molecule has 0 aliphatic heterocycles. The predicted octanol–water partition coefficient (Wildman–Crippen LogP) is 0.687. The lowest BCUT2D eigenvalue weighted by atomic mass is 10.7. The molecule has 0 saturated carbocycles. The van der Waals surface area contributed by atoms with Crippen LogP contribution in [-0.4, -0.2) is 17.2 Å². The maximum atomic E-state index is 12.1. The van der Waals surface area contributed by atoms with Crippen LogP contribution in [0.3, 0.4) is 0 Å². The van der Waals surface area contributed by atoms with Crippen molar-refractivity contribution in [2.24, 2.45) is 5.73 Å². The van der Waals surface area contributed by atoms with E-state index in [0.717, 1.165) is 17.8 Å². The zero-order chi connectivity index (χ0) is 7.28. The van der Waals surface area contributed by atoms with Crippen molar-refractivity contribution in [3.05, 3.63) is 12.7 Å². The van der Waals surface area contributed by atoms with Crippen LogP contribution in [0.15, 0.2) is 12.7 Å². The fraction of sp³-hybridized carbons (Fsp3) is 0.400. The summed E-state index contributed by atoms with van der Waals surface area (Å²) >= 11 is 0.825. The quantitative estimate of drug-likeness (QED) is 0.597. The maximum absolute atomic E-state index is 12.1. The Morgan fingerprint density at radius 1 is 2.00 bits per heavy atom. The summed E-state index contributed by atoms with van der Waals surface area (Å²) in [6, 6.07) is 0. The van der Waals surface area contributed by atoms with Crippen LogP contribution in [0.4, 0.5) is 4.39 Å². The molecule has 0 saturated heterocycles. The Kier molecular flexibility index (Phi) is 4.13. The van der Waals surface area contributed by atoms with E-state index in [2.05, 4.69) is 6.58 Å². The smallest absolute Gasteiger partial charge is 0.227 e. The van der Waals surface area contributed by atoms with Crippen LogP contribution in [0.1, 0.15) is 0 Å². The van der Waals surface area contributed by atoms with Gasteiger partial charge < -0.3 is 5.73 Å². The van der Waals surface area contributed by atoms with Crippen LogP contribution in [-0.2, 0) is 4.79 Å². The summed E-state index contributed by atoms with van der Waals surface area (Å²) in [4.78, 5) is 10.0. The van der Waals surface area contributed by atoms with Crippen LogP contribution in [0.5, 0.6) is 0 Å². The second kappa shape index (κ2) is 4.38. The number of carbonyl (C=O) groups excluding carboxylic acids is 1. The second-order valence-electron chi connectivity index (χ2n) is 1.36. The van der Waals surface area contributed by atoms with Crippen molar-refractivity contribution in [1.82, 2.24) is 0 Å². The lowest BCUT2D eigenvalue weighted by Gasteiger charge is -1.96. The van der Waals surface area contributed by atoms with Crippen molar-refractivity contribution in [1.29, 1.82) is 0 Å². The summed E-state index contributed by atoms with van der Waals surface area (Å²) in [5, 5.41) is 0. The molecule has 1 amide bonds. The summed E-state index contributed by atoms with van der Waals surface area (Å²) in [7, 11) is 0. The molecule has 1 unspecified atom stereocenters. The minimum Gasteiger partial charge on any atom is -0.369 e. The van der Waals surface area contributed by atoms with Crippen molar-refractivity contribution in [3.8, 4) is 0 Å². The summed E-state index contributed by atoms with van der Waals surface area (Å²) in [6.07, 6.45) is 1.12. The molecule has 0 aliphatic carbocycles. The molecule has 0 aliphatic rings. The highest BCUT2D eigenvalue weighted by Gasteiger charge is 2.01. The number of alkyl halides is 1. The molecule has 0 bridgehead atoms. The molecule has 0 aromatic rings. The van der Waals surface area contributed by atoms with Crippen LogP contribution in [0, 0.1) is 0 Å². The van der Waals surface area contributed by atoms with E-state index in [0.29, 0.717) is 0 Å². The highest BCUT2D eigenvalue weighted by atomic mass is 32.2. The number of hydrogen-bond acceptors (Lipinski definition) is 2. The largest absolute Gasteiger partial charge is 0.369 e. The highest BCUT2D eigenvalue weighted by Crippen LogP contribution is 2.11. The molecule has 2 nitrogen and oxygen atoms in total. The Morgan fingerprint density at radius 2 is 2.56 bits per heavy atom. The molecule has 0 fully saturated rings. The molecule has 0 aromatic carbocycles. The Labute approximate surface area is 57.3 Å². The van der Waals surface area contributed by atoms with Crippen molar-refractivity contribution < 1.29 is 9.18 Å². The average molecular weight is 149 g/mol.